The SMILES string of the molecule is O=Cc1nc2ccc(C(F)(F)F)cc2o1. The van der Waals surface area contributed by atoms with Crippen LogP contribution in [0.2, 0.25) is 0 Å². The monoisotopic (exact) mass is 215 g/mol. The van der Waals surface area contributed by atoms with Crippen LogP contribution in [0.5, 0.6) is 0 Å². The van der Waals surface area contributed by atoms with Crippen molar-refractivity contribution >= 4 is 17.4 Å². The normalized spacial score (nSPS) is 11.9. The second-order valence-electron chi connectivity index (χ2n) is 2.85. The number of carbonyl (C=O) groups is 1. The molecule has 0 radical (unpaired) electrons. The van der Waals surface area contributed by atoms with E-state index in [0.717, 1.165) is 18.2 Å². The molecule has 6 heteroatoms. The Balaban J connectivity index is 2.60. The van der Waals surface area contributed by atoms with Gasteiger partial charge < -0.3 is 4.42 Å². The molecule has 15 heavy (non-hydrogen) atoms. The Labute approximate surface area is 81.5 Å². The first-order valence-electron chi connectivity index (χ1n) is 3.93. The Hall–Kier alpha value is -1.85. The minimum absolute atomic E-state index is 0.0491. The highest BCUT2D eigenvalue weighted by atomic mass is 19.4. The van der Waals surface area contributed by atoms with Gasteiger partial charge >= 0.3 is 6.18 Å². The van der Waals surface area contributed by atoms with E-state index in [9.17, 15) is 18.0 Å². The van der Waals surface area contributed by atoms with Crippen LogP contribution in [0.1, 0.15) is 16.2 Å². The van der Waals surface area contributed by atoms with Crippen LogP contribution in [0, 0.1) is 0 Å². The molecule has 0 N–H and O–H groups in total. The van der Waals surface area contributed by atoms with Crippen LogP contribution < -0.4 is 0 Å². The van der Waals surface area contributed by atoms with Crippen molar-refractivity contribution in [2.24, 2.45) is 0 Å². The summed E-state index contributed by atoms with van der Waals surface area (Å²) in [5.74, 6) is -0.232. The van der Waals surface area contributed by atoms with Crippen LogP contribution >= 0.6 is 0 Å². The molecular formula is C9H4F3NO2. The van der Waals surface area contributed by atoms with E-state index < -0.39 is 11.7 Å². The molecule has 0 saturated heterocycles. The van der Waals surface area contributed by atoms with Crippen molar-refractivity contribution in [2.45, 2.75) is 6.18 Å². The molecule has 1 heterocycles. The van der Waals surface area contributed by atoms with Gasteiger partial charge in [-0.25, -0.2) is 4.98 Å². The Morgan fingerprint density at radius 2 is 2.07 bits per heavy atom. The van der Waals surface area contributed by atoms with Crippen molar-refractivity contribution in [1.82, 2.24) is 4.98 Å². The first kappa shape index (κ1) is 9.70. The van der Waals surface area contributed by atoms with Crippen molar-refractivity contribution in [3.05, 3.63) is 29.7 Å². The molecule has 78 valence electrons. The van der Waals surface area contributed by atoms with Gasteiger partial charge in [0.15, 0.2) is 5.58 Å². The molecule has 2 rings (SSSR count). The van der Waals surface area contributed by atoms with E-state index >= 15 is 0 Å². The van der Waals surface area contributed by atoms with E-state index in [1.54, 1.807) is 0 Å². The molecule has 0 unspecified atom stereocenters. The Morgan fingerprint density at radius 1 is 1.33 bits per heavy atom. The number of carbonyl (C=O) groups excluding carboxylic acids is 1. The van der Waals surface area contributed by atoms with E-state index in [0.29, 0.717) is 6.29 Å². The first-order chi connectivity index (χ1) is 7.00. The standard InChI is InChI=1S/C9H4F3NO2/c10-9(11,12)5-1-2-6-7(3-5)15-8(4-14)13-6/h1-4H. The first-order valence-corrected chi connectivity index (χ1v) is 3.93. The molecule has 2 aromatic rings. The number of aldehydes is 1. The molecule has 0 atom stereocenters. The summed E-state index contributed by atoms with van der Waals surface area (Å²) in [5.41, 5.74) is -0.652. The molecule has 1 aromatic carbocycles. The summed E-state index contributed by atoms with van der Waals surface area (Å²) in [4.78, 5) is 13.9. The van der Waals surface area contributed by atoms with Gasteiger partial charge in [-0.05, 0) is 18.2 Å². The fourth-order valence-electron chi connectivity index (χ4n) is 1.17. The second-order valence-corrected chi connectivity index (χ2v) is 2.85. The van der Waals surface area contributed by atoms with Crippen LogP contribution in [0.3, 0.4) is 0 Å². The molecular weight excluding hydrogens is 211 g/mol. The summed E-state index contributed by atoms with van der Waals surface area (Å²) in [7, 11) is 0. The Bertz CT molecular complexity index is 516. The van der Waals surface area contributed by atoms with Crippen molar-refractivity contribution in [2.75, 3.05) is 0 Å². The Morgan fingerprint density at radius 3 is 2.67 bits per heavy atom. The number of fused-ring (bicyclic) bond motifs is 1. The van der Waals surface area contributed by atoms with Gasteiger partial charge in [0.05, 0.1) is 5.56 Å². The van der Waals surface area contributed by atoms with Crippen molar-refractivity contribution in [3.63, 3.8) is 0 Å². The van der Waals surface area contributed by atoms with Crippen molar-refractivity contribution in [3.8, 4) is 0 Å². The summed E-state index contributed by atoms with van der Waals surface area (Å²) in [6.07, 6.45) is -4.09. The lowest BCUT2D eigenvalue weighted by Gasteiger charge is -2.04. The van der Waals surface area contributed by atoms with Crippen molar-refractivity contribution in [1.29, 1.82) is 0 Å². The van der Waals surface area contributed by atoms with Gasteiger partial charge in [-0.2, -0.15) is 13.2 Å². The highest BCUT2D eigenvalue weighted by Crippen LogP contribution is 2.31. The van der Waals surface area contributed by atoms with Crippen molar-refractivity contribution < 1.29 is 22.4 Å². The van der Waals surface area contributed by atoms with E-state index in [1.807, 2.05) is 0 Å². The predicted molar refractivity (Wildman–Crippen MR) is 44.4 cm³/mol. The average molecular weight is 215 g/mol. The number of oxazole rings is 1. The lowest BCUT2D eigenvalue weighted by molar-refractivity contribution is -0.137. The maximum Gasteiger partial charge on any atom is 0.416 e. The minimum Gasteiger partial charge on any atom is -0.434 e. The topological polar surface area (TPSA) is 43.1 Å². The number of hydrogen-bond acceptors (Lipinski definition) is 3. The van der Waals surface area contributed by atoms with Crippen LogP contribution in [0.25, 0.3) is 11.1 Å². The number of alkyl halides is 3. The van der Waals surface area contributed by atoms with Gasteiger partial charge in [-0.3, -0.25) is 4.79 Å². The lowest BCUT2D eigenvalue weighted by Crippen LogP contribution is -2.03. The fourth-order valence-corrected chi connectivity index (χ4v) is 1.17. The molecule has 0 aliphatic carbocycles. The summed E-state index contributed by atoms with van der Waals surface area (Å²) >= 11 is 0. The maximum absolute atomic E-state index is 12.3. The second kappa shape index (κ2) is 3.08. The van der Waals surface area contributed by atoms with E-state index in [-0.39, 0.29) is 17.0 Å². The summed E-state index contributed by atoms with van der Waals surface area (Å²) in [6, 6.07) is 2.86. The minimum atomic E-state index is -4.43. The number of nitrogens with zero attached hydrogens (tertiary/aromatic N) is 1. The number of rotatable bonds is 1. The van der Waals surface area contributed by atoms with Gasteiger partial charge in [0, 0.05) is 0 Å². The zero-order chi connectivity index (χ0) is 11.1. The van der Waals surface area contributed by atoms with Gasteiger partial charge in [-0.15, -0.1) is 0 Å². The maximum atomic E-state index is 12.3. The van der Waals surface area contributed by atoms with E-state index in [1.165, 1.54) is 0 Å². The zero-order valence-corrected chi connectivity index (χ0v) is 7.21. The van der Waals surface area contributed by atoms with Gasteiger partial charge in [0.1, 0.15) is 5.52 Å². The summed E-state index contributed by atoms with van der Waals surface area (Å²) < 4.78 is 41.6. The summed E-state index contributed by atoms with van der Waals surface area (Å²) in [5, 5.41) is 0. The summed E-state index contributed by atoms with van der Waals surface area (Å²) in [6.45, 7) is 0. The highest BCUT2D eigenvalue weighted by molar-refractivity contribution is 5.79. The number of halogens is 3. The quantitative estimate of drug-likeness (QED) is 0.687. The molecule has 0 aliphatic heterocycles. The van der Waals surface area contributed by atoms with Crippen LogP contribution in [0.4, 0.5) is 13.2 Å². The van der Waals surface area contributed by atoms with Crippen LogP contribution in [0.15, 0.2) is 22.6 Å². The third-order valence-corrected chi connectivity index (χ3v) is 1.83. The third-order valence-electron chi connectivity index (χ3n) is 1.83. The average Bonchev–Trinajstić information content (AvgIpc) is 2.57. The molecule has 0 spiro atoms. The molecule has 0 fully saturated rings. The molecule has 1 aromatic heterocycles. The third kappa shape index (κ3) is 1.70. The van der Waals surface area contributed by atoms with Gasteiger partial charge in [0.2, 0.25) is 6.29 Å². The zero-order valence-electron chi connectivity index (χ0n) is 7.21. The number of aromatic nitrogens is 1. The smallest absolute Gasteiger partial charge is 0.416 e. The van der Waals surface area contributed by atoms with E-state index in [2.05, 4.69) is 4.98 Å². The van der Waals surface area contributed by atoms with Crippen LogP contribution in [-0.4, -0.2) is 11.3 Å². The molecule has 3 nitrogen and oxygen atoms in total. The van der Waals surface area contributed by atoms with Gasteiger partial charge in [0.25, 0.3) is 5.89 Å². The number of benzene rings is 1. The van der Waals surface area contributed by atoms with E-state index in [4.69, 9.17) is 4.42 Å². The lowest BCUT2D eigenvalue weighted by atomic mass is 10.2. The Kier molecular flexibility index (Phi) is 1.99. The molecule has 0 amide bonds. The predicted octanol–water partition coefficient (Wildman–Crippen LogP) is 2.66. The molecule has 0 saturated carbocycles. The fraction of sp³-hybridized carbons (Fsp3) is 0.111. The van der Waals surface area contributed by atoms with Gasteiger partial charge in [-0.1, -0.05) is 0 Å². The molecule has 0 bridgehead atoms. The largest absolute Gasteiger partial charge is 0.434 e. The number of hydrogen-bond donors (Lipinski definition) is 0. The molecule has 0 aliphatic rings. The highest BCUT2D eigenvalue weighted by Gasteiger charge is 2.31. The van der Waals surface area contributed by atoms with Crippen LogP contribution in [-0.2, 0) is 6.18 Å².